The van der Waals surface area contributed by atoms with E-state index in [4.69, 9.17) is 4.74 Å². The van der Waals surface area contributed by atoms with Gasteiger partial charge in [0.1, 0.15) is 24.7 Å². The third-order valence-corrected chi connectivity index (χ3v) is 5.07. The van der Waals surface area contributed by atoms with Gasteiger partial charge in [-0.15, -0.1) is 0 Å². The van der Waals surface area contributed by atoms with E-state index in [0.717, 1.165) is 19.6 Å². The van der Waals surface area contributed by atoms with Crippen molar-refractivity contribution < 1.29 is 9.53 Å². The molecule has 30 heavy (non-hydrogen) atoms. The number of hydrogen-bond acceptors (Lipinski definition) is 5. The first-order valence-corrected chi connectivity index (χ1v) is 10.2. The Morgan fingerprint density at radius 2 is 1.80 bits per heavy atom. The molecule has 0 saturated carbocycles. The van der Waals surface area contributed by atoms with Crippen LogP contribution in [0.3, 0.4) is 0 Å². The minimum atomic E-state index is -0.308. The molecule has 2 aromatic carbocycles. The molecule has 0 atom stereocenters. The van der Waals surface area contributed by atoms with E-state index < -0.39 is 0 Å². The predicted octanol–water partition coefficient (Wildman–Crippen LogP) is 3.06. The summed E-state index contributed by atoms with van der Waals surface area (Å²) in [6.45, 7) is 9.11. The molecule has 7 nitrogen and oxygen atoms in total. The molecule has 0 aliphatic carbocycles. The zero-order chi connectivity index (χ0) is 21.5. The first-order valence-electron chi connectivity index (χ1n) is 10.2. The number of nitrogens with one attached hydrogen (secondary N) is 1. The highest BCUT2D eigenvalue weighted by molar-refractivity contribution is 5.92. The summed E-state index contributed by atoms with van der Waals surface area (Å²) in [6, 6.07) is 14.5. The third kappa shape index (κ3) is 5.04. The van der Waals surface area contributed by atoms with E-state index in [1.54, 1.807) is 31.2 Å². The first-order chi connectivity index (χ1) is 14.5. The van der Waals surface area contributed by atoms with Crippen LogP contribution in [0.1, 0.15) is 19.7 Å². The molecule has 0 spiro atoms. The number of benzene rings is 2. The van der Waals surface area contributed by atoms with Gasteiger partial charge in [0.05, 0.1) is 16.6 Å². The fourth-order valence-corrected chi connectivity index (χ4v) is 3.32. The Balaban J connectivity index is 1.72. The van der Waals surface area contributed by atoms with Gasteiger partial charge in [-0.05, 0) is 44.3 Å². The molecule has 0 unspecified atom stereocenters. The summed E-state index contributed by atoms with van der Waals surface area (Å²) in [5.74, 6) is 0.799. The van der Waals surface area contributed by atoms with Crippen LogP contribution in [0.25, 0.3) is 10.9 Å². The van der Waals surface area contributed by atoms with Crippen LogP contribution in [0.15, 0.2) is 53.3 Å². The van der Waals surface area contributed by atoms with E-state index in [0.29, 0.717) is 34.8 Å². The lowest BCUT2D eigenvalue weighted by Crippen LogP contribution is -2.30. The number of aryl methyl sites for hydroxylation is 1. The van der Waals surface area contributed by atoms with Crippen molar-refractivity contribution in [1.82, 2.24) is 14.5 Å². The number of likely N-dealkylation sites (N-methyl/N-ethyl adjacent to an activating group) is 1. The van der Waals surface area contributed by atoms with Gasteiger partial charge >= 0.3 is 0 Å². The van der Waals surface area contributed by atoms with Gasteiger partial charge in [0, 0.05) is 6.54 Å². The molecule has 158 valence electrons. The normalized spacial score (nSPS) is 11.1. The maximum absolute atomic E-state index is 12.8. The molecule has 3 rings (SSSR count). The number of ether oxygens (including phenoxy) is 1. The molecular formula is C23H28N4O3. The molecule has 0 aliphatic rings. The van der Waals surface area contributed by atoms with Crippen molar-refractivity contribution in [2.45, 2.75) is 27.3 Å². The second-order valence-corrected chi connectivity index (χ2v) is 6.99. The number of fused-ring (bicyclic) bond motifs is 1. The van der Waals surface area contributed by atoms with Crippen molar-refractivity contribution in [1.29, 1.82) is 0 Å². The van der Waals surface area contributed by atoms with Gasteiger partial charge < -0.3 is 15.0 Å². The Hall–Kier alpha value is -3.19. The molecule has 1 aromatic heterocycles. The molecular weight excluding hydrogens is 380 g/mol. The monoisotopic (exact) mass is 408 g/mol. The highest BCUT2D eigenvalue weighted by atomic mass is 16.5. The van der Waals surface area contributed by atoms with Crippen LogP contribution in [0, 0.1) is 6.92 Å². The molecule has 1 N–H and O–H groups in total. The lowest BCUT2D eigenvalue weighted by Gasteiger charge is -2.19. The van der Waals surface area contributed by atoms with Crippen LogP contribution in [0.2, 0.25) is 0 Å². The second kappa shape index (κ2) is 10.0. The fourth-order valence-electron chi connectivity index (χ4n) is 3.32. The van der Waals surface area contributed by atoms with Crippen molar-refractivity contribution in [3.8, 4) is 5.75 Å². The topological polar surface area (TPSA) is 76.5 Å². The van der Waals surface area contributed by atoms with E-state index in [1.165, 1.54) is 4.57 Å². The minimum absolute atomic E-state index is 0.115. The van der Waals surface area contributed by atoms with Crippen LogP contribution >= 0.6 is 0 Å². The van der Waals surface area contributed by atoms with E-state index in [-0.39, 0.29) is 18.0 Å². The van der Waals surface area contributed by atoms with Crippen LogP contribution < -0.4 is 15.6 Å². The number of rotatable bonds is 9. The molecule has 0 bridgehead atoms. The zero-order valence-corrected chi connectivity index (χ0v) is 17.7. The summed E-state index contributed by atoms with van der Waals surface area (Å²) < 4.78 is 7.28. The van der Waals surface area contributed by atoms with Crippen molar-refractivity contribution in [2.75, 3.05) is 31.6 Å². The van der Waals surface area contributed by atoms with Crippen LogP contribution in [0.5, 0.6) is 5.75 Å². The Morgan fingerprint density at radius 3 is 2.57 bits per heavy atom. The van der Waals surface area contributed by atoms with Gasteiger partial charge in [-0.2, -0.15) is 0 Å². The van der Waals surface area contributed by atoms with Crippen molar-refractivity contribution in [3.63, 3.8) is 0 Å². The van der Waals surface area contributed by atoms with Gasteiger partial charge in [-0.25, -0.2) is 4.98 Å². The van der Waals surface area contributed by atoms with Gasteiger partial charge in [-0.3, -0.25) is 14.2 Å². The Kier molecular flexibility index (Phi) is 7.19. The minimum Gasteiger partial charge on any atom is -0.490 e. The van der Waals surface area contributed by atoms with Crippen molar-refractivity contribution in [3.05, 3.63) is 64.7 Å². The number of anilines is 1. The van der Waals surface area contributed by atoms with Gasteiger partial charge in [0.2, 0.25) is 5.91 Å². The van der Waals surface area contributed by atoms with Gasteiger partial charge in [0.25, 0.3) is 5.56 Å². The molecule has 7 heteroatoms. The summed E-state index contributed by atoms with van der Waals surface area (Å²) in [5, 5.41) is 3.36. The molecule has 0 fully saturated rings. The van der Waals surface area contributed by atoms with E-state index in [1.807, 2.05) is 24.3 Å². The largest absolute Gasteiger partial charge is 0.490 e. The standard InChI is InChI=1S/C23H28N4O3/c1-4-26(5-2)14-15-30-21-13-9-8-12-20(21)25-22(28)16-27-17(3)24-19-11-7-6-10-18(19)23(27)29/h6-13H,4-5,14-16H2,1-3H3,(H,25,28). The Morgan fingerprint density at radius 1 is 1.10 bits per heavy atom. The van der Waals surface area contributed by atoms with Crippen LogP contribution in [-0.2, 0) is 11.3 Å². The van der Waals surface area contributed by atoms with Crippen molar-refractivity contribution in [2.24, 2.45) is 0 Å². The Labute approximate surface area is 176 Å². The highest BCUT2D eigenvalue weighted by Gasteiger charge is 2.13. The number of amides is 1. The summed E-state index contributed by atoms with van der Waals surface area (Å²) in [7, 11) is 0. The third-order valence-electron chi connectivity index (χ3n) is 5.07. The van der Waals surface area contributed by atoms with E-state index in [9.17, 15) is 9.59 Å². The van der Waals surface area contributed by atoms with Gasteiger partial charge in [-0.1, -0.05) is 38.1 Å². The smallest absolute Gasteiger partial charge is 0.261 e. The average Bonchev–Trinajstić information content (AvgIpc) is 2.75. The highest BCUT2D eigenvalue weighted by Crippen LogP contribution is 2.23. The number of hydrogen-bond donors (Lipinski definition) is 1. The van der Waals surface area contributed by atoms with E-state index >= 15 is 0 Å². The summed E-state index contributed by atoms with van der Waals surface area (Å²) in [4.78, 5) is 32.2. The molecule has 0 saturated heterocycles. The quantitative estimate of drug-likeness (QED) is 0.589. The average molecular weight is 409 g/mol. The number of nitrogens with zero attached hydrogens (tertiary/aromatic N) is 3. The molecule has 0 aliphatic heterocycles. The first kappa shape index (κ1) is 21.5. The fraction of sp³-hybridized carbons (Fsp3) is 0.348. The number of carbonyl (C=O) groups excluding carboxylic acids is 1. The number of aromatic nitrogens is 2. The summed E-state index contributed by atoms with van der Waals surface area (Å²) in [5.41, 5.74) is 0.988. The lowest BCUT2D eigenvalue weighted by molar-refractivity contribution is -0.116. The lowest BCUT2D eigenvalue weighted by atomic mass is 10.2. The van der Waals surface area contributed by atoms with Crippen LogP contribution in [0.4, 0.5) is 5.69 Å². The van der Waals surface area contributed by atoms with Crippen LogP contribution in [-0.4, -0.2) is 46.6 Å². The SMILES string of the molecule is CCN(CC)CCOc1ccccc1NC(=O)Cn1c(C)nc2ccccc2c1=O. The maximum Gasteiger partial charge on any atom is 0.261 e. The maximum atomic E-state index is 12.8. The van der Waals surface area contributed by atoms with Gasteiger partial charge in [0.15, 0.2) is 0 Å². The summed E-state index contributed by atoms with van der Waals surface area (Å²) >= 11 is 0. The predicted molar refractivity (Wildman–Crippen MR) is 119 cm³/mol. The molecule has 1 amide bonds. The summed E-state index contributed by atoms with van der Waals surface area (Å²) in [6.07, 6.45) is 0. The Bertz CT molecular complexity index is 1070. The molecule has 1 heterocycles. The van der Waals surface area contributed by atoms with E-state index in [2.05, 4.69) is 29.0 Å². The molecule has 0 radical (unpaired) electrons. The molecule has 3 aromatic rings. The zero-order valence-electron chi connectivity index (χ0n) is 17.7. The second-order valence-electron chi connectivity index (χ2n) is 6.99. The van der Waals surface area contributed by atoms with Crippen molar-refractivity contribution >= 4 is 22.5 Å². The number of carbonyl (C=O) groups is 1. The number of para-hydroxylation sites is 3.